The van der Waals surface area contributed by atoms with E-state index in [4.69, 9.17) is 18.9 Å². The summed E-state index contributed by atoms with van der Waals surface area (Å²) in [4.78, 5) is 14.8. The fourth-order valence-electron chi connectivity index (χ4n) is 3.94. The summed E-state index contributed by atoms with van der Waals surface area (Å²) in [6.45, 7) is 4.17. The lowest BCUT2D eigenvalue weighted by atomic mass is 10.1. The molecule has 1 aliphatic carbocycles. The molecule has 1 saturated heterocycles. The van der Waals surface area contributed by atoms with E-state index in [9.17, 15) is 4.79 Å². The predicted molar refractivity (Wildman–Crippen MR) is 86.2 cm³/mol. The molecule has 3 atom stereocenters. The van der Waals surface area contributed by atoms with Gasteiger partial charge >= 0.3 is 0 Å². The third kappa shape index (κ3) is 2.84. The van der Waals surface area contributed by atoms with E-state index < -0.39 is 0 Å². The van der Waals surface area contributed by atoms with Crippen LogP contribution in [-0.4, -0.2) is 55.6 Å². The van der Waals surface area contributed by atoms with Crippen LogP contribution in [0.3, 0.4) is 0 Å². The molecule has 0 aromatic heterocycles. The summed E-state index contributed by atoms with van der Waals surface area (Å²) in [6.07, 6.45) is 2.40. The first-order chi connectivity index (χ1) is 11.8. The molecule has 0 radical (unpaired) electrons. The molecule has 1 saturated carbocycles. The van der Waals surface area contributed by atoms with E-state index in [1.54, 1.807) is 0 Å². The van der Waals surface area contributed by atoms with Crippen molar-refractivity contribution in [2.45, 2.75) is 44.4 Å². The van der Waals surface area contributed by atoms with Crippen LogP contribution in [-0.2, 0) is 20.7 Å². The van der Waals surface area contributed by atoms with Crippen LogP contribution in [0.25, 0.3) is 0 Å². The third-order valence-electron chi connectivity index (χ3n) is 5.03. The van der Waals surface area contributed by atoms with Gasteiger partial charge in [0.15, 0.2) is 11.5 Å². The number of hydrogen-bond donors (Lipinski definition) is 0. The molecule has 0 spiro atoms. The number of benzene rings is 1. The Bertz CT molecular complexity index is 619. The highest BCUT2D eigenvalue weighted by atomic mass is 16.7. The quantitative estimate of drug-likeness (QED) is 0.840. The second-order valence-electron chi connectivity index (χ2n) is 6.43. The maximum Gasteiger partial charge on any atom is 0.231 e. The van der Waals surface area contributed by atoms with Crippen LogP contribution in [0.15, 0.2) is 18.2 Å². The number of ether oxygens (including phenoxy) is 4. The van der Waals surface area contributed by atoms with E-state index >= 15 is 0 Å². The summed E-state index contributed by atoms with van der Waals surface area (Å²) in [5, 5.41) is 0. The molecule has 1 aromatic carbocycles. The van der Waals surface area contributed by atoms with E-state index in [0.29, 0.717) is 26.2 Å². The number of hydrogen-bond acceptors (Lipinski definition) is 5. The van der Waals surface area contributed by atoms with Crippen molar-refractivity contribution in [3.63, 3.8) is 0 Å². The van der Waals surface area contributed by atoms with Gasteiger partial charge in [-0.2, -0.15) is 0 Å². The van der Waals surface area contributed by atoms with Gasteiger partial charge in [-0.15, -0.1) is 0 Å². The SMILES string of the molecule is CCO[C@H]1CC[C@@H]2[C@H]1OCCN2C(=O)Cc1ccc2c(c1)OCO2. The normalized spacial score (nSPS) is 28.0. The Hall–Kier alpha value is -1.79. The van der Waals surface area contributed by atoms with E-state index in [1.807, 2.05) is 30.0 Å². The van der Waals surface area contributed by atoms with Crippen molar-refractivity contribution in [3.05, 3.63) is 23.8 Å². The Morgan fingerprint density at radius 1 is 1.29 bits per heavy atom. The van der Waals surface area contributed by atoms with Gasteiger partial charge in [0.05, 0.1) is 25.2 Å². The highest BCUT2D eigenvalue weighted by Crippen LogP contribution is 2.34. The number of carbonyl (C=O) groups is 1. The van der Waals surface area contributed by atoms with Crippen molar-refractivity contribution in [1.82, 2.24) is 4.90 Å². The largest absolute Gasteiger partial charge is 0.454 e. The third-order valence-corrected chi connectivity index (χ3v) is 5.03. The maximum absolute atomic E-state index is 12.8. The van der Waals surface area contributed by atoms with Gasteiger partial charge < -0.3 is 23.8 Å². The van der Waals surface area contributed by atoms with Crippen molar-refractivity contribution < 1.29 is 23.7 Å². The molecular weight excluding hydrogens is 310 g/mol. The molecule has 130 valence electrons. The number of amides is 1. The Labute approximate surface area is 141 Å². The lowest BCUT2D eigenvalue weighted by molar-refractivity contribution is -0.150. The lowest BCUT2D eigenvalue weighted by Gasteiger charge is -2.39. The van der Waals surface area contributed by atoms with Gasteiger partial charge in [-0.25, -0.2) is 0 Å². The van der Waals surface area contributed by atoms with Crippen LogP contribution < -0.4 is 9.47 Å². The minimum Gasteiger partial charge on any atom is -0.454 e. The Morgan fingerprint density at radius 2 is 2.17 bits per heavy atom. The van der Waals surface area contributed by atoms with Gasteiger partial charge in [0, 0.05) is 13.2 Å². The van der Waals surface area contributed by atoms with E-state index in [1.165, 1.54) is 0 Å². The van der Waals surface area contributed by atoms with Crippen LogP contribution in [0.1, 0.15) is 25.3 Å². The first kappa shape index (κ1) is 15.7. The second kappa shape index (κ2) is 6.61. The van der Waals surface area contributed by atoms with Gasteiger partial charge in [0.25, 0.3) is 0 Å². The summed E-state index contributed by atoms with van der Waals surface area (Å²) >= 11 is 0. The summed E-state index contributed by atoms with van der Waals surface area (Å²) in [5.41, 5.74) is 0.951. The molecule has 0 unspecified atom stereocenters. The fourth-order valence-corrected chi connectivity index (χ4v) is 3.94. The monoisotopic (exact) mass is 333 g/mol. The molecule has 4 rings (SSSR count). The van der Waals surface area contributed by atoms with Crippen LogP contribution >= 0.6 is 0 Å². The Kier molecular flexibility index (Phi) is 4.33. The van der Waals surface area contributed by atoms with Crippen molar-refractivity contribution >= 4 is 5.91 Å². The number of fused-ring (bicyclic) bond motifs is 2. The zero-order valence-electron chi connectivity index (χ0n) is 13.9. The zero-order chi connectivity index (χ0) is 16.5. The van der Waals surface area contributed by atoms with Crippen LogP contribution in [0.4, 0.5) is 0 Å². The molecule has 1 amide bonds. The molecule has 0 N–H and O–H groups in total. The van der Waals surface area contributed by atoms with E-state index in [2.05, 4.69) is 0 Å². The standard InChI is InChI=1S/C18H23NO5/c1-2-21-15-6-4-13-18(15)22-8-7-19(13)17(20)10-12-3-5-14-16(9-12)24-11-23-14/h3,5,9,13,15,18H,2,4,6-8,10-11H2,1H3/t13-,15+,18-/m1/s1. The average Bonchev–Trinajstić information content (AvgIpc) is 3.21. The van der Waals surface area contributed by atoms with Gasteiger partial charge in [0.1, 0.15) is 6.10 Å². The van der Waals surface area contributed by atoms with Crippen LogP contribution in [0, 0.1) is 0 Å². The lowest BCUT2D eigenvalue weighted by Crippen LogP contribution is -2.54. The molecule has 2 aliphatic heterocycles. The molecule has 6 heteroatoms. The highest BCUT2D eigenvalue weighted by molar-refractivity contribution is 5.79. The molecule has 2 fully saturated rings. The Morgan fingerprint density at radius 3 is 3.04 bits per heavy atom. The summed E-state index contributed by atoms with van der Waals surface area (Å²) in [7, 11) is 0. The maximum atomic E-state index is 12.8. The second-order valence-corrected chi connectivity index (χ2v) is 6.43. The minimum atomic E-state index is 0.0133. The van der Waals surface area contributed by atoms with Crippen molar-refractivity contribution in [3.8, 4) is 11.5 Å². The average molecular weight is 333 g/mol. The molecule has 24 heavy (non-hydrogen) atoms. The zero-order valence-corrected chi connectivity index (χ0v) is 13.9. The van der Waals surface area contributed by atoms with E-state index in [0.717, 1.165) is 29.9 Å². The smallest absolute Gasteiger partial charge is 0.231 e. The van der Waals surface area contributed by atoms with Gasteiger partial charge in [-0.1, -0.05) is 6.07 Å². The van der Waals surface area contributed by atoms with Gasteiger partial charge in [-0.3, -0.25) is 4.79 Å². The van der Waals surface area contributed by atoms with Crippen molar-refractivity contribution in [2.24, 2.45) is 0 Å². The van der Waals surface area contributed by atoms with Crippen molar-refractivity contribution in [1.29, 1.82) is 0 Å². The molecule has 1 aromatic rings. The number of rotatable bonds is 4. The van der Waals surface area contributed by atoms with Crippen molar-refractivity contribution in [2.75, 3.05) is 26.6 Å². The molecule has 0 bridgehead atoms. The number of carbonyl (C=O) groups excluding carboxylic acids is 1. The van der Waals surface area contributed by atoms with E-state index in [-0.39, 0.29) is 30.9 Å². The molecular formula is C18H23NO5. The minimum absolute atomic E-state index is 0.0133. The summed E-state index contributed by atoms with van der Waals surface area (Å²) in [5.74, 6) is 1.61. The Balaban J connectivity index is 1.44. The van der Waals surface area contributed by atoms with Crippen LogP contribution in [0.5, 0.6) is 11.5 Å². The van der Waals surface area contributed by atoms with Gasteiger partial charge in [-0.05, 0) is 37.5 Å². The molecule has 6 nitrogen and oxygen atoms in total. The number of nitrogens with zero attached hydrogens (tertiary/aromatic N) is 1. The number of morpholine rings is 1. The summed E-state index contributed by atoms with van der Waals surface area (Å²) in [6, 6.07) is 5.83. The predicted octanol–water partition coefficient (Wildman–Crippen LogP) is 1.75. The fraction of sp³-hybridized carbons (Fsp3) is 0.611. The topological polar surface area (TPSA) is 57.2 Å². The first-order valence-electron chi connectivity index (χ1n) is 8.67. The first-order valence-corrected chi connectivity index (χ1v) is 8.67. The highest BCUT2D eigenvalue weighted by Gasteiger charge is 2.44. The van der Waals surface area contributed by atoms with Crippen LogP contribution in [0.2, 0.25) is 0 Å². The molecule has 2 heterocycles. The molecule has 3 aliphatic rings. The summed E-state index contributed by atoms with van der Waals surface area (Å²) < 4.78 is 22.4. The van der Waals surface area contributed by atoms with Gasteiger partial charge in [0.2, 0.25) is 12.7 Å².